The largest absolute Gasteiger partial charge is 0.508 e. The van der Waals surface area contributed by atoms with Gasteiger partial charge in [-0.15, -0.1) is 0 Å². The normalized spacial score (nSPS) is 25.9. The third kappa shape index (κ3) is 3.21. The molecule has 3 unspecified atom stereocenters. The number of para-hydroxylation sites is 1. The molecule has 0 saturated heterocycles. The molecule has 1 saturated carbocycles. The zero-order valence-electron chi connectivity index (χ0n) is 11.2. The van der Waals surface area contributed by atoms with Crippen LogP contribution in [0.3, 0.4) is 0 Å². The van der Waals surface area contributed by atoms with E-state index < -0.39 is 0 Å². The maximum atomic E-state index is 9.89. The lowest BCUT2D eigenvalue weighted by atomic mass is 9.93. The molecular weight excluding hydrogens is 242 g/mol. The van der Waals surface area contributed by atoms with Crippen LogP contribution in [0.15, 0.2) is 24.3 Å². The van der Waals surface area contributed by atoms with Gasteiger partial charge in [0, 0.05) is 22.9 Å². The second-order valence-corrected chi connectivity index (χ2v) is 6.19. The number of hydrogen-bond donors (Lipinski definition) is 2. The molecule has 3 heteroatoms. The van der Waals surface area contributed by atoms with Crippen molar-refractivity contribution < 1.29 is 5.11 Å². The van der Waals surface area contributed by atoms with Gasteiger partial charge in [0.1, 0.15) is 5.75 Å². The highest BCUT2D eigenvalue weighted by molar-refractivity contribution is 7.99. The van der Waals surface area contributed by atoms with E-state index in [4.69, 9.17) is 0 Å². The first-order valence-electron chi connectivity index (χ1n) is 6.79. The Morgan fingerprint density at radius 2 is 2.00 bits per heavy atom. The molecule has 0 heterocycles. The zero-order valence-corrected chi connectivity index (χ0v) is 12.0. The lowest BCUT2D eigenvalue weighted by Crippen LogP contribution is -2.41. The number of rotatable bonds is 4. The molecule has 0 aliphatic heterocycles. The van der Waals surface area contributed by atoms with Gasteiger partial charge in [0.2, 0.25) is 0 Å². The number of hydrogen-bond acceptors (Lipinski definition) is 3. The molecule has 0 amide bonds. The highest BCUT2D eigenvalue weighted by atomic mass is 32.2. The molecule has 0 aromatic heterocycles. The van der Waals surface area contributed by atoms with Crippen molar-refractivity contribution in [1.29, 1.82) is 0 Å². The van der Waals surface area contributed by atoms with Crippen molar-refractivity contribution in [3.63, 3.8) is 0 Å². The van der Waals surface area contributed by atoms with Crippen LogP contribution in [0.4, 0.5) is 0 Å². The van der Waals surface area contributed by atoms with Gasteiger partial charge in [-0.2, -0.15) is 11.8 Å². The smallest absolute Gasteiger partial charge is 0.120 e. The summed E-state index contributed by atoms with van der Waals surface area (Å²) in [5.74, 6) is 0.397. The summed E-state index contributed by atoms with van der Waals surface area (Å²) in [6, 6.07) is 8.41. The van der Waals surface area contributed by atoms with E-state index in [1.54, 1.807) is 6.07 Å². The summed E-state index contributed by atoms with van der Waals surface area (Å²) in [4.78, 5) is 0. The van der Waals surface area contributed by atoms with E-state index in [1.165, 1.54) is 25.7 Å². The maximum absolute atomic E-state index is 9.89. The van der Waals surface area contributed by atoms with E-state index in [1.807, 2.05) is 30.0 Å². The van der Waals surface area contributed by atoms with Crippen molar-refractivity contribution in [2.45, 2.75) is 49.9 Å². The van der Waals surface area contributed by atoms with Crippen molar-refractivity contribution in [2.24, 2.45) is 0 Å². The Bertz CT molecular complexity index is 383. The van der Waals surface area contributed by atoms with Crippen molar-refractivity contribution in [1.82, 2.24) is 5.32 Å². The highest BCUT2D eigenvalue weighted by Gasteiger charge is 2.26. The van der Waals surface area contributed by atoms with Crippen LogP contribution in [0.2, 0.25) is 0 Å². The molecule has 1 fully saturated rings. The molecule has 1 aliphatic carbocycles. The number of benzene rings is 1. The van der Waals surface area contributed by atoms with E-state index in [-0.39, 0.29) is 6.04 Å². The lowest BCUT2D eigenvalue weighted by molar-refractivity contribution is 0.351. The van der Waals surface area contributed by atoms with Gasteiger partial charge in [-0.25, -0.2) is 0 Å². The number of nitrogens with one attached hydrogen (secondary N) is 1. The average Bonchev–Trinajstić information content (AvgIpc) is 2.39. The molecule has 1 aromatic rings. The topological polar surface area (TPSA) is 32.3 Å². The SMILES string of the molecule is CSC1CCCCC1NC(C)c1ccccc1O. The van der Waals surface area contributed by atoms with Gasteiger partial charge in [0.15, 0.2) is 0 Å². The van der Waals surface area contributed by atoms with Crippen LogP contribution < -0.4 is 5.32 Å². The summed E-state index contributed by atoms with van der Waals surface area (Å²) in [5, 5.41) is 14.3. The second kappa shape index (κ2) is 6.48. The van der Waals surface area contributed by atoms with Crippen molar-refractivity contribution in [2.75, 3.05) is 6.26 Å². The molecule has 18 heavy (non-hydrogen) atoms. The summed E-state index contributed by atoms with van der Waals surface area (Å²) in [5.41, 5.74) is 1.00. The minimum absolute atomic E-state index is 0.212. The van der Waals surface area contributed by atoms with Crippen LogP contribution in [-0.2, 0) is 0 Å². The van der Waals surface area contributed by atoms with Gasteiger partial charge < -0.3 is 10.4 Å². The van der Waals surface area contributed by atoms with Crippen LogP contribution in [-0.4, -0.2) is 22.7 Å². The molecule has 2 nitrogen and oxygen atoms in total. The molecule has 1 aromatic carbocycles. The molecule has 0 spiro atoms. The average molecular weight is 265 g/mol. The number of aromatic hydroxyl groups is 1. The van der Waals surface area contributed by atoms with E-state index in [0.717, 1.165) is 5.56 Å². The Kier molecular flexibility index (Phi) is 4.95. The second-order valence-electron chi connectivity index (χ2n) is 5.11. The summed E-state index contributed by atoms with van der Waals surface area (Å²) in [6.07, 6.45) is 7.45. The van der Waals surface area contributed by atoms with Gasteiger partial charge in [-0.1, -0.05) is 31.0 Å². The minimum Gasteiger partial charge on any atom is -0.508 e. The molecule has 1 aliphatic rings. The van der Waals surface area contributed by atoms with Gasteiger partial charge in [-0.3, -0.25) is 0 Å². The number of phenolic OH excluding ortho intramolecular Hbond substituents is 1. The Labute approximate surface area is 114 Å². The van der Waals surface area contributed by atoms with E-state index in [2.05, 4.69) is 18.5 Å². The monoisotopic (exact) mass is 265 g/mol. The van der Waals surface area contributed by atoms with E-state index in [0.29, 0.717) is 17.0 Å². The first-order chi connectivity index (χ1) is 8.72. The van der Waals surface area contributed by atoms with Crippen LogP contribution in [0.25, 0.3) is 0 Å². The Morgan fingerprint density at radius 3 is 2.72 bits per heavy atom. The maximum Gasteiger partial charge on any atom is 0.120 e. The molecule has 0 radical (unpaired) electrons. The molecule has 100 valence electrons. The Hall–Kier alpha value is -0.670. The predicted octanol–water partition coefficient (Wildman–Crippen LogP) is 3.72. The molecule has 2 rings (SSSR count). The van der Waals surface area contributed by atoms with Gasteiger partial charge >= 0.3 is 0 Å². The Morgan fingerprint density at radius 1 is 1.28 bits per heavy atom. The summed E-state index contributed by atoms with van der Waals surface area (Å²) in [6.45, 7) is 2.14. The third-order valence-corrected chi connectivity index (χ3v) is 5.04. The van der Waals surface area contributed by atoms with E-state index in [9.17, 15) is 5.11 Å². The quantitative estimate of drug-likeness (QED) is 0.870. The summed E-state index contributed by atoms with van der Waals surface area (Å²) in [7, 11) is 0. The van der Waals surface area contributed by atoms with Crippen molar-refractivity contribution in [3.05, 3.63) is 29.8 Å². The van der Waals surface area contributed by atoms with Crippen molar-refractivity contribution >= 4 is 11.8 Å². The van der Waals surface area contributed by atoms with Crippen molar-refractivity contribution in [3.8, 4) is 5.75 Å². The molecule has 0 bridgehead atoms. The van der Waals surface area contributed by atoms with Crippen LogP contribution in [0, 0.1) is 0 Å². The van der Waals surface area contributed by atoms with E-state index >= 15 is 0 Å². The van der Waals surface area contributed by atoms with Crippen LogP contribution in [0.5, 0.6) is 5.75 Å². The fourth-order valence-electron chi connectivity index (χ4n) is 2.83. The Balaban J connectivity index is 2.02. The van der Waals surface area contributed by atoms with Gasteiger partial charge in [0.25, 0.3) is 0 Å². The minimum atomic E-state index is 0.212. The fourth-order valence-corrected chi connectivity index (χ4v) is 3.78. The molecular formula is C15H23NOS. The predicted molar refractivity (Wildman–Crippen MR) is 79.2 cm³/mol. The first-order valence-corrected chi connectivity index (χ1v) is 8.08. The molecule has 3 atom stereocenters. The third-order valence-electron chi connectivity index (χ3n) is 3.87. The number of thioether (sulfide) groups is 1. The van der Waals surface area contributed by atoms with Crippen LogP contribution in [0.1, 0.15) is 44.2 Å². The first kappa shape index (κ1) is 13.8. The fraction of sp³-hybridized carbons (Fsp3) is 0.600. The summed E-state index contributed by atoms with van der Waals surface area (Å²) < 4.78 is 0. The van der Waals surface area contributed by atoms with Crippen LogP contribution >= 0.6 is 11.8 Å². The molecule has 2 N–H and O–H groups in total. The van der Waals surface area contributed by atoms with Gasteiger partial charge in [-0.05, 0) is 32.1 Å². The summed E-state index contributed by atoms with van der Waals surface area (Å²) >= 11 is 1.97. The highest BCUT2D eigenvalue weighted by Crippen LogP contribution is 2.30. The standard InChI is InChI=1S/C15H23NOS/c1-11(12-7-3-5-9-14(12)17)16-13-8-4-6-10-15(13)18-2/h3,5,7,9,11,13,15-17H,4,6,8,10H2,1-2H3. The zero-order chi connectivity index (χ0) is 13.0. The number of phenols is 1. The lowest BCUT2D eigenvalue weighted by Gasteiger charge is -2.33. The van der Waals surface area contributed by atoms with Gasteiger partial charge in [0.05, 0.1) is 0 Å².